The van der Waals surface area contributed by atoms with Gasteiger partial charge in [-0.25, -0.2) is 13.1 Å². The van der Waals surface area contributed by atoms with E-state index in [1.54, 1.807) is 12.1 Å². The summed E-state index contributed by atoms with van der Waals surface area (Å²) >= 11 is 0. The van der Waals surface area contributed by atoms with Crippen molar-refractivity contribution in [2.45, 2.75) is 43.0 Å². The summed E-state index contributed by atoms with van der Waals surface area (Å²) in [6, 6.07) is 4.76. The lowest BCUT2D eigenvalue weighted by Gasteiger charge is -2.43. The first-order chi connectivity index (χ1) is 8.92. The second-order valence-electron chi connectivity index (χ2n) is 5.07. The van der Waals surface area contributed by atoms with Gasteiger partial charge in [-0.2, -0.15) is 0 Å². The minimum atomic E-state index is -3.43. The minimum Gasteiger partial charge on any atom is -0.397 e. The quantitative estimate of drug-likeness (QED) is 0.721. The van der Waals surface area contributed by atoms with E-state index in [2.05, 4.69) is 17.0 Å². The molecule has 106 valence electrons. The summed E-state index contributed by atoms with van der Waals surface area (Å²) < 4.78 is 25.9. The Hall–Kier alpha value is -1.27. The predicted molar refractivity (Wildman–Crippen MR) is 77.6 cm³/mol. The second kappa shape index (κ2) is 5.02. The number of benzene rings is 1. The van der Waals surface area contributed by atoms with Crippen molar-refractivity contribution in [3.05, 3.63) is 18.2 Å². The molecule has 1 aliphatic carbocycles. The fraction of sp³-hybridized carbons (Fsp3) is 0.538. The summed E-state index contributed by atoms with van der Waals surface area (Å²) in [4.78, 5) is 0.234. The molecule has 1 fully saturated rings. The van der Waals surface area contributed by atoms with Crippen molar-refractivity contribution in [3.8, 4) is 0 Å². The van der Waals surface area contributed by atoms with Crippen LogP contribution in [0, 0.1) is 0 Å². The highest BCUT2D eigenvalue weighted by Crippen LogP contribution is 2.39. The molecule has 4 N–H and O–H groups in total. The van der Waals surface area contributed by atoms with Gasteiger partial charge in [-0.1, -0.05) is 6.92 Å². The molecule has 1 saturated carbocycles. The largest absolute Gasteiger partial charge is 0.397 e. The molecule has 1 aromatic carbocycles. The van der Waals surface area contributed by atoms with Crippen molar-refractivity contribution in [2.24, 2.45) is 0 Å². The summed E-state index contributed by atoms with van der Waals surface area (Å²) in [5, 5.41) is 3.43. The van der Waals surface area contributed by atoms with Gasteiger partial charge >= 0.3 is 0 Å². The smallest absolute Gasteiger partial charge is 0.240 e. The van der Waals surface area contributed by atoms with Crippen molar-refractivity contribution in [1.82, 2.24) is 4.72 Å². The molecule has 0 aliphatic heterocycles. The predicted octanol–water partition coefficient (Wildman–Crippen LogP) is 1.92. The van der Waals surface area contributed by atoms with Crippen LogP contribution in [0.5, 0.6) is 0 Å². The highest BCUT2D eigenvalue weighted by atomic mass is 32.2. The zero-order chi connectivity index (χ0) is 14.1. The van der Waals surface area contributed by atoms with Crippen LogP contribution in [0.25, 0.3) is 0 Å². The molecule has 0 heterocycles. The molecule has 19 heavy (non-hydrogen) atoms. The summed E-state index contributed by atoms with van der Waals surface area (Å²) in [5.41, 5.74) is 7.30. The molecule has 1 aliphatic rings. The Morgan fingerprint density at radius 1 is 1.37 bits per heavy atom. The first-order valence-corrected chi connectivity index (χ1v) is 8.02. The Labute approximate surface area is 114 Å². The van der Waals surface area contributed by atoms with E-state index in [1.165, 1.54) is 19.5 Å². The molecule has 0 aromatic heterocycles. The molecule has 5 nitrogen and oxygen atoms in total. The number of sulfonamides is 1. The van der Waals surface area contributed by atoms with Crippen LogP contribution in [-0.4, -0.2) is 21.0 Å². The Kier molecular flexibility index (Phi) is 3.73. The fourth-order valence-electron chi connectivity index (χ4n) is 2.38. The van der Waals surface area contributed by atoms with Gasteiger partial charge in [-0.15, -0.1) is 0 Å². The standard InChI is InChI=1S/C13H21N3O2S/c1-3-13(7-4-8-13)16-12-9-10(5-6-11(12)14)19(17,18)15-2/h5-6,9,15-16H,3-4,7-8,14H2,1-2H3. The third-order valence-corrected chi connectivity index (χ3v) is 5.40. The molecule has 0 bridgehead atoms. The van der Waals surface area contributed by atoms with Gasteiger partial charge in [-0.05, 0) is 50.9 Å². The highest BCUT2D eigenvalue weighted by Gasteiger charge is 2.35. The molecular weight excluding hydrogens is 262 g/mol. The van der Waals surface area contributed by atoms with E-state index >= 15 is 0 Å². The molecule has 1 aromatic rings. The van der Waals surface area contributed by atoms with Gasteiger partial charge in [0.05, 0.1) is 16.3 Å². The van der Waals surface area contributed by atoms with Gasteiger partial charge in [0.15, 0.2) is 0 Å². The van der Waals surface area contributed by atoms with Crippen LogP contribution in [0.15, 0.2) is 23.1 Å². The van der Waals surface area contributed by atoms with Gasteiger partial charge in [0, 0.05) is 5.54 Å². The Bertz CT molecular complexity index is 560. The van der Waals surface area contributed by atoms with Gasteiger partial charge < -0.3 is 11.1 Å². The molecule has 0 atom stereocenters. The average molecular weight is 283 g/mol. The molecule has 0 amide bonds. The summed E-state index contributed by atoms with van der Waals surface area (Å²) in [6.45, 7) is 2.14. The van der Waals surface area contributed by atoms with Crippen molar-refractivity contribution < 1.29 is 8.42 Å². The van der Waals surface area contributed by atoms with E-state index in [1.807, 2.05) is 0 Å². The van der Waals surface area contributed by atoms with E-state index in [-0.39, 0.29) is 10.4 Å². The number of hydrogen-bond donors (Lipinski definition) is 3. The maximum absolute atomic E-state index is 11.8. The van der Waals surface area contributed by atoms with E-state index in [0.29, 0.717) is 11.4 Å². The van der Waals surface area contributed by atoms with Gasteiger partial charge in [0.25, 0.3) is 0 Å². The normalized spacial score (nSPS) is 17.8. The van der Waals surface area contributed by atoms with Crippen molar-refractivity contribution >= 4 is 21.4 Å². The van der Waals surface area contributed by atoms with Crippen molar-refractivity contribution in [2.75, 3.05) is 18.1 Å². The fourth-order valence-corrected chi connectivity index (χ4v) is 3.14. The molecule has 0 saturated heterocycles. The van der Waals surface area contributed by atoms with E-state index < -0.39 is 10.0 Å². The molecule has 0 unspecified atom stereocenters. The zero-order valence-electron chi connectivity index (χ0n) is 11.4. The lowest BCUT2D eigenvalue weighted by atomic mass is 9.74. The minimum absolute atomic E-state index is 0.0795. The summed E-state index contributed by atoms with van der Waals surface area (Å²) in [7, 11) is -2.03. The maximum Gasteiger partial charge on any atom is 0.240 e. The number of anilines is 2. The Morgan fingerprint density at radius 2 is 2.05 bits per heavy atom. The number of hydrogen-bond acceptors (Lipinski definition) is 4. The number of nitrogen functional groups attached to an aromatic ring is 1. The molecular formula is C13H21N3O2S. The first-order valence-electron chi connectivity index (χ1n) is 6.54. The third-order valence-electron chi connectivity index (χ3n) is 3.99. The lowest BCUT2D eigenvalue weighted by Crippen LogP contribution is -2.44. The van der Waals surface area contributed by atoms with Crippen molar-refractivity contribution in [3.63, 3.8) is 0 Å². The SMILES string of the molecule is CCC1(Nc2cc(S(=O)(=O)NC)ccc2N)CCC1. The van der Waals surface area contributed by atoms with Gasteiger partial charge in [-0.3, -0.25) is 0 Å². The molecule has 6 heteroatoms. The number of rotatable bonds is 5. The topological polar surface area (TPSA) is 84.2 Å². The summed E-state index contributed by atoms with van der Waals surface area (Å²) in [6.07, 6.45) is 4.42. The second-order valence-corrected chi connectivity index (χ2v) is 6.96. The van der Waals surface area contributed by atoms with E-state index in [4.69, 9.17) is 5.73 Å². The third kappa shape index (κ3) is 2.69. The number of nitrogens with two attached hydrogens (primary N) is 1. The van der Waals surface area contributed by atoms with Gasteiger partial charge in [0.1, 0.15) is 0 Å². The monoisotopic (exact) mass is 283 g/mol. The molecule has 0 radical (unpaired) electrons. The Morgan fingerprint density at radius 3 is 2.53 bits per heavy atom. The average Bonchev–Trinajstić information content (AvgIpc) is 2.35. The Balaban J connectivity index is 2.33. The van der Waals surface area contributed by atoms with E-state index in [9.17, 15) is 8.42 Å². The van der Waals surface area contributed by atoms with Crippen molar-refractivity contribution in [1.29, 1.82) is 0 Å². The molecule has 2 rings (SSSR count). The highest BCUT2D eigenvalue weighted by molar-refractivity contribution is 7.89. The van der Waals surface area contributed by atoms with Crippen LogP contribution in [-0.2, 0) is 10.0 Å². The van der Waals surface area contributed by atoms with E-state index in [0.717, 1.165) is 19.3 Å². The van der Waals surface area contributed by atoms with Crippen LogP contribution >= 0.6 is 0 Å². The summed E-state index contributed by atoms with van der Waals surface area (Å²) in [5.74, 6) is 0. The molecule has 0 spiro atoms. The maximum atomic E-state index is 11.8. The van der Waals surface area contributed by atoms with Crippen LogP contribution in [0.1, 0.15) is 32.6 Å². The first kappa shape index (κ1) is 14.1. The zero-order valence-corrected chi connectivity index (χ0v) is 12.2. The van der Waals surface area contributed by atoms with Crippen LogP contribution < -0.4 is 15.8 Å². The number of nitrogens with one attached hydrogen (secondary N) is 2. The van der Waals surface area contributed by atoms with Crippen LogP contribution in [0.3, 0.4) is 0 Å². The van der Waals surface area contributed by atoms with Crippen LogP contribution in [0.4, 0.5) is 11.4 Å². The van der Waals surface area contributed by atoms with Crippen LogP contribution in [0.2, 0.25) is 0 Å². The lowest BCUT2D eigenvalue weighted by molar-refractivity contribution is 0.269. The van der Waals surface area contributed by atoms with Gasteiger partial charge in [0.2, 0.25) is 10.0 Å².